The van der Waals surface area contributed by atoms with Crippen LogP contribution in [0.3, 0.4) is 0 Å². The highest BCUT2D eigenvalue weighted by molar-refractivity contribution is 7.92. The quantitative estimate of drug-likeness (QED) is 0.118. The second kappa shape index (κ2) is 13.5. The van der Waals surface area contributed by atoms with Gasteiger partial charge in [-0.2, -0.15) is 5.10 Å². The number of aryl methyl sites for hydroxylation is 1. The van der Waals surface area contributed by atoms with Crippen LogP contribution in [0.25, 0.3) is 0 Å². The summed E-state index contributed by atoms with van der Waals surface area (Å²) in [5, 5.41) is 3.96. The summed E-state index contributed by atoms with van der Waals surface area (Å²) in [7, 11) is -1.33. The molecule has 1 amide bonds. The first-order chi connectivity index (χ1) is 20.2. The van der Waals surface area contributed by atoms with Crippen molar-refractivity contribution in [3.05, 3.63) is 114 Å². The Balaban J connectivity index is 1.46. The maximum Gasteiger partial charge on any atom is 0.343 e. The molecule has 4 aromatic rings. The molecule has 10 nitrogen and oxygen atoms in total. The van der Waals surface area contributed by atoms with Crippen LogP contribution in [0.2, 0.25) is 0 Å². The number of benzene rings is 4. The standard InChI is InChI=1S/C31H29N3O7S/c1-22-9-13-25(14-10-22)34(42(37,38)27-17-18-28(39-2)29(19-27)40-3)21-30(35)33-32-20-23-11-15-26(16-12-23)41-31(36)24-7-5-4-6-8-24/h4-20H,21H2,1-3H3,(H,33,35)/b32-20-. The molecule has 0 fully saturated rings. The van der Waals surface area contributed by atoms with Crippen molar-refractivity contribution in [2.45, 2.75) is 11.8 Å². The van der Waals surface area contributed by atoms with Crippen molar-refractivity contribution in [1.29, 1.82) is 0 Å². The van der Waals surface area contributed by atoms with E-state index in [2.05, 4.69) is 10.5 Å². The monoisotopic (exact) mass is 587 g/mol. The van der Waals surface area contributed by atoms with Gasteiger partial charge in [0, 0.05) is 6.07 Å². The number of hydrazone groups is 1. The predicted molar refractivity (Wildman–Crippen MR) is 159 cm³/mol. The third kappa shape index (κ3) is 7.32. The average molecular weight is 588 g/mol. The first-order valence-electron chi connectivity index (χ1n) is 12.7. The fourth-order valence-electron chi connectivity index (χ4n) is 3.84. The molecule has 1 N–H and O–H groups in total. The van der Waals surface area contributed by atoms with Gasteiger partial charge in [0.2, 0.25) is 0 Å². The maximum atomic E-state index is 13.7. The molecule has 0 atom stereocenters. The van der Waals surface area contributed by atoms with Crippen LogP contribution in [-0.4, -0.2) is 47.3 Å². The average Bonchev–Trinajstić information content (AvgIpc) is 3.01. The van der Waals surface area contributed by atoms with E-state index in [1.165, 1.54) is 38.6 Å². The minimum absolute atomic E-state index is 0.0786. The Hall–Kier alpha value is -5.16. The van der Waals surface area contributed by atoms with Gasteiger partial charge in [-0.15, -0.1) is 0 Å². The normalized spacial score (nSPS) is 11.1. The van der Waals surface area contributed by atoms with Crippen LogP contribution in [0.1, 0.15) is 21.5 Å². The molecule has 4 rings (SSSR count). The molecule has 0 aliphatic carbocycles. The third-order valence-electron chi connectivity index (χ3n) is 6.06. The molecule has 0 aromatic heterocycles. The van der Waals surface area contributed by atoms with Gasteiger partial charge in [0.05, 0.1) is 36.6 Å². The van der Waals surface area contributed by atoms with E-state index >= 15 is 0 Å². The highest BCUT2D eigenvalue weighted by Gasteiger charge is 2.28. The second-order valence-electron chi connectivity index (χ2n) is 8.98. The molecule has 0 radical (unpaired) electrons. The number of esters is 1. The van der Waals surface area contributed by atoms with Crippen molar-refractivity contribution in [2.75, 3.05) is 25.1 Å². The van der Waals surface area contributed by atoms with Crippen molar-refractivity contribution in [2.24, 2.45) is 5.10 Å². The van der Waals surface area contributed by atoms with E-state index in [0.717, 1.165) is 9.87 Å². The molecule has 0 heterocycles. The molecule has 0 aliphatic rings. The molecule has 0 spiro atoms. The second-order valence-corrected chi connectivity index (χ2v) is 10.8. The topological polar surface area (TPSA) is 124 Å². The summed E-state index contributed by atoms with van der Waals surface area (Å²) in [5.74, 6) is -0.195. The lowest BCUT2D eigenvalue weighted by Crippen LogP contribution is -2.39. The van der Waals surface area contributed by atoms with Crippen LogP contribution in [0.5, 0.6) is 17.2 Å². The smallest absolute Gasteiger partial charge is 0.343 e. The zero-order chi connectivity index (χ0) is 30.1. The molecular weight excluding hydrogens is 558 g/mol. The molecular formula is C31H29N3O7S. The molecule has 0 bridgehead atoms. The molecule has 42 heavy (non-hydrogen) atoms. The van der Waals surface area contributed by atoms with Gasteiger partial charge in [0.15, 0.2) is 11.5 Å². The number of anilines is 1. The maximum absolute atomic E-state index is 13.7. The molecule has 0 unspecified atom stereocenters. The highest BCUT2D eigenvalue weighted by atomic mass is 32.2. The van der Waals surface area contributed by atoms with Gasteiger partial charge < -0.3 is 14.2 Å². The number of nitrogens with one attached hydrogen (secondary N) is 1. The number of sulfonamides is 1. The molecule has 11 heteroatoms. The molecule has 0 saturated carbocycles. The van der Waals surface area contributed by atoms with E-state index in [9.17, 15) is 18.0 Å². The SMILES string of the molecule is COc1ccc(S(=O)(=O)N(CC(=O)N/N=C\c2ccc(OC(=O)c3ccccc3)cc2)c2ccc(C)cc2)cc1OC. The van der Waals surface area contributed by atoms with Gasteiger partial charge in [0.25, 0.3) is 15.9 Å². The Kier molecular flexibility index (Phi) is 9.56. The minimum Gasteiger partial charge on any atom is -0.493 e. The summed E-state index contributed by atoms with van der Waals surface area (Å²) in [5.41, 5.74) is 4.64. The van der Waals surface area contributed by atoms with Crippen molar-refractivity contribution >= 4 is 33.8 Å². The Morgan fingerprint density at radius 2 is 1.52 bits per heavy atom. The number of ether oxygens (including phenoxy) is 3. The van der Waals surface area contributed by atoms with Crippen molar-refractivity contribution in [3.8, 4) is 17.2 Å². The minimum atomic E-state index is -4.19. The Morgan fingerprint density at radius 3 is 2.17 bits per heavy atom. The van der Waals surface area contributed by atoms with E-state index < -0.39 is 28.4 Å². The first kappa shape index (κ1) is 29.8. The summed E-state index contributed by atoms with van der Waals surface area (Å²) < 4.78 is 44.2. The van der Waals surface area contributed by atoms with Gasteiger partial charge in [-0.05, 0) is 73.2 Å². The van der Waals surface area contributed by atoms with Gasteiger partial charge >= 0.3 is 5.97 Å². The number of hydrogen-bond donors (Lipinski definition) is 1. The molecule has 4 aromatic carbocycles. The van der Waals surface area contributed by atoms with Crippen LogP contribution in [-0.2, 0) is 14.8 Å². The summed E-state index contributed by atoms with van der Waals surface area (Å²) in [4.78, 5) is 25.0. The van der Waals surface area contributed by atoms with E-state index in [4.69, 9.17) is 14.2 Å². The fraction of sp³-hybridized carbons (Fsp3) is 0.129. The lowest BCUT2D eigenvalue weighted by molar-refractivity contribution is -0.119. The number of rotatable bonds is 11. The van der Waals surface area contributed by atoms with Crippen molar-refractivity contribution in [3.63, 3.8) is 0 Å². The number of nitrogens with zero attached hydrogens (tertiary/aromatic N) is 2. The Morgan fingerprint density at radius 1 is 0.857 bits per heavy atom. The van der Waals surface area contributed by atoms with E-state index in [1.807, 2.05) is 6.92 Å². The van der Waals surface area contributed by atoms with Crippen LogP contribution < -0.4 is 23.9 Å². The summed E-state index contributed by atoms with van der Waals surface area (Å²) in [6, 6.07) is 26.1. The third-order valence-corrected chi connectivity index (χ3v) is 7.83. The van der Waals surface area contributed by atoms with E-state index in [1.54, 1.807) is 78.9 Å². The number of hydrogen-bond acceptors (Lipinski definition) is 8. The number of carbonyl (C=O) groups is 2. The van der Waals surface area contributed by atoms with Gasteiger partial charge in [-0.1, -0.05) is 35.9 Å². The molecule has 0 aliphatic heterocycles. The first-order valence-corrected chi connectivity index (χ1v) is 14.2. The zero-order valence-electron chi connectivity index (χ0n) is 23.2. The number of methoxy groups -OCH3 is 2. The van der Waals surface area contributed by atoms with Crippen LogP contribution in [0.15, 0.2) is 107 Å². The van der Waals surface area contributed by atoms with Gasteiger partial charge in [0.1, 0.15) is 12.3 Å². The summed E-state index contributed by atoms with van der Waals surface area (Å²) in [6.45, 7) is 1.34. The fourth-order valence-corrected chi connectivity index (χ4v) is 5.27. The van der Waals surface area contributed by atoms with E-state index in [-0.39, 0.29) is 10.6 Å². The highest BCUT2D eigenvalue weighted by Crippen LogP contribution is 2.32. The summed E-state index contributed by atoms with van der Waals surface area (Å²) >= 11 is 0. The summed E-state index contributed by atoms with van der Waals surface area (Å²) in [6.07, 6.45) is 1.39. The van der Waals surface area contributed by atoms with Crippen molar-refractivity contribution < 1.29 is 32.2 Å². The van der Waals surface area contributed by atoms with Crippen LogP contribution in [0.4, 0.5) is 5.69 Å². The van der Waals surface area contributed by atoms with Crippen molar-refractivity contribution in [1.82, 2.24) is 5.43 Å². The zero-order valence-corrected chi connectivity index (χ0v) is 24.0. The largest absolute Gasteiger partial charge is 0.493 e. The number of amides is 1. The lowest BCUT2D eigenvalue weighted by Gasteiger charge is -2.24. The molecule has 0 saturated heterocycles. The number of carbonyl (C=O) groups excluding carboxylic acids is 2. The van der Waals surface area contributed by atoms with Gasteiger partial charge in [-0.3, -0.25) is 9.10 Å². The van der Waals surface area contributed by atoms with Gasteiger partial charge in [-0.25, -0.2) is 18.6 Å². The van der Waals surface area contributed by atoms with Crippen LogP contribution in [0, 0.1) is 6.92 Å². The Labute approximate surface area is 244 Å². The van der Waals surface area contributed by atoms with Crippen LogP contribution >= 0.6 is 0 Å². The lowest BCUT2D eigenvalue weighted by atomic mass is 10.2. The van der Waals surface area contributed by atoms with E-state index in [0.29, 0.717) is 28.3 Å². The Bertz CT molecular complexity index is 1670. The predicted octanol–water partition coefficient (Wildman–Crippen LogP) is 4.58. The molecule has 216 valence electrons.